The lowest BCUT2D eigenvalue weighted by atomic mass is 10.2. The molecule has 0 aromatic carbocycles. The van der Waals surface area contributed by atoms with Gasteiger partial charge in [0.05, 0.1) is 12.2 Å². The minimum Gasteiger partial charge on any atom is -0.380 e. The first kappa shape index (κ1) is 12.8. The molecule has 0 amide bonds. The number of hydrogen-bond acceptors (Lipinski definition) is 4. The molecule has 0 rings (SSSR count). The van der Waals surface area contributed by atoms with Crippen molar-refractivity contribution in [2.24, 2.45) is 5.73 Å². The quantitative estimate of drug-likeness (QED) is 0.528. The van der Waals surface area contributed by atoms with E-state index < -0.39 is 0 Å². The van der Waals surface area contributed by atoms with Crippen LogP contribution in [0.1, 0.15) is 13.3 Å². The summed E-state index contributed by atoms with van der Waals surface area (Å²) in [6, 6.07) is 0. The molecule has 0 heterocycles. The van der Waals surface area contributed by atoms with Gasteiger partial charge in [-0.3, -0.25) is 0 Å². The second kappa shape index (κ2) is 8.44. The number of rotatable bonds is 8. The van der Waals surface area contributed by atoms with Gasteiger partial charge in [-0.15, -0.1) is 0 Å². The zero-order valence-corrected chi connectivity index (χ0v) is 8.88. The first-order valence-electron chi connectivity index (χ1n) is 4.71. The molecule has 13 heavy (non-hydrogen) atoms. The van der Waals surface area contributed by atoms with Crippen LogP contribution in [0, 0.1) is 0 Å². The molecule has 2 unspecified atom stereocenters. The first-order chi connectivity index (χ1) is 6.24. The zero-order chi connectivity index (χ0) is 10.1. The van der Waals surface area contributed by atoms with E-state index in [9.17, 15) is 0 Å². The Bertz CT molecular complexity index is 108. The average molecular weight is 190 g/mol. The van der Waals surface area contributed by atoms with Crippen molar-refractivity contribution in [3.05, 3.63) is 0 Å². The lowest BCUT2D eigenvalue weighted by molar-refractivity contribution is 0.0960. The maximum Gasteiger partial charge on any atom is 0.0705 e. The van der Waals surface area contributed by atoms with Crippen LogP contribution in [0.5, 0.6) is 0 Å². The van der Waals surface area contributed by atoms with Gasteiger partial charge in [0.25, 0.3) is 0 Å². The number of hydrogen-bond donors (Lipinski definition) is 2. The molecule has 0 aromatic heterocycles. The topological polar surface area (TPSA) is 56.5 Å². The molecule has 0 saturated carbocycles. The van der Waals surface area contributed by atoms with Gasteiger partial charge in [-0.05, 0) is 19.9 Å². The molecule has 0 aromatic rings. The molecule has 0 aliphatic heterocycles. The van der Waals surface area contributed by atoms with E-state index in [1.54, 1.807) is 14.2 Å². The summed E-state index contributed by atoms with van der Waals surface area (Å²) in [6.45, 7) is 4.41. The fourth-order valence-electron chi connectivity index (χ4n) is 0.984. The van der Waals surface area contributed by atoms with E-state index in [4.69, 9.17) is 15.2 Å². The highest BCUT2D eigenvalue weighted by molar-refractivity contribution is 4.61. The van der Waals surface area contributed by atoms with Crippen LogP contribution in [0.4, 0.5) is 0 Å². The Kier molecular flexibility index (Phi) is 8.33. The second-order valence-corrected chi connectivity index (χ2v) is 3.13. The van der Waals surface area contributed by atoms with Crippen molar-refractivity contribution >= 4 is 0 Å². The molecule has 0 fully saturated rings. The van der Waals surface area contributed by atoms with Crippen LogP contribution in [0.25, 0.3) is 0 Å². The van der Waals surface area contributed by atoms with E-state index in [0.29, 0.717) is 6.54 Å². The summed E-state index contributed by atoms with van der Waals surface area (Å²) < 4.78 is 10.2. The van der Waals surface area contributed by atoms with Gasteiger partial charge >= 0.3 is 0 Å². The van der Waals surface area contributed by atoms with Gasteiger partial charge in [0.2, 0.25) is 0 Å². The average Bonchev–Trinajstić information content (AvgIpc) is 2.18. The van der Waals surface area contributed by atoms with Crippen molar-refractivity contribution in [3.8, 4) is 0 Å². The minimum absolute atomic E-state index is 0.172. The highest BCUT2D eigenvalue weighted by Crippen LogP contribution is 1.92. The third-order valence-electron chi connectivity index (χ3n) is 2.07. The summed E-state index contributed by atoms with van der Waals surface area (Å²) in [4.78, 5) is 0. The van der Waals surface area contributed by atoms with Crippen LogP contribution in [-0.4, -0.2) is 46.1 Å². The van der Waals surface area contributed by atoms with Crippen molar-refractivity contribution < 1.29 is 9.47 Å². The highest BCUT2D eigenvalue weighted by atomic mass is 16.5. The lowest BCUT2D eigenvalue weighted by Crippen LogP contribution is -2.31. The zero-order valence-electron chi connectivity index (χ0n) is 8.88. The molecule has 4 heteroatoms. The summed E-state index contributed by atoms with van der Waals surface area (Å²) in [5.74, 6) is 0. The molecule has 0 aliphatic rings. The highest BCUT2D eigenvalue weighted by Gasteiger charge is 2.04. The first-order valence-corrected chi connectivity index (χ1v) is 4.71. The molecule has 0 saturated heterocycles. The van der Waals surface area contributed by atoms with E-state index >= 15 is 0 Å². The van der Waals surface area contributed by atoms with Gasteiger partial charge in [-0.1, -0.05) is 0 Å². The van der Waals surface area contributed by atoms with Gasteiger partial charge < -0.3 is 20.5 Å². The van der Waals surface area contributed by atoms with Crippen molar-refractivity contribution in [3.63, 3.8) is 0 Å². The van der Waals surface area contributed by atoms with Crippen LogP contribution in [0.2, 0.25) is 0 Å². The fourth-order valence-corrected chi connectivity index (χ4v) is 0.984. The number of ether oxygens (including phenoxy) is 2. The van der Waals surface area contributed by atoms with Gasteiger partial charge in [0, 0.05) is 27.3 Å². The molecule has 3 N–H and O–H groups in total. The minimum atomic E-state index is 0.172. The Balaban J connectivity index is 3.23. The Morgan fingerprint density at radius 3 is 2.46 bits per heavy atom. The summed E-state index contributed by atoms with van der Waals surface area (Å²) in [7, 11) is 3.40. The molecule has 2 atom stereocenters. The monoisotopic (exact) mass is 190 g/mol. The predicted octanol–water partition coefficient (Wildman–Crippen LogP) is -0.0253. The Morgan fingerprint density at radius 1 is 1.31 bits per heavy atom. The molecule has 0 aliphatic carbocycles. The number of nitrogens with two attached hydrogens (primary N) is 1. The smallest absolute Gasteiger partial charge is 0.0705 e. The van der Waals surface area contributed by atoms with Gasteiger partial charge in [0.1, 0.15) is 0 Å². The van der Waals surface area contributed by atoms with Crippen molar-refractivity contribution in [1.82, 2.24) is 5.32 Å². The molecule has 80 valence electrons. The van der Waals surface area contributed by atoms with Gasteiger partial charge in [-0.25, -0.2) is 0 Å². The third kappa shape index (κ3) is 6.95. The molecular weight excluding hydrogens is 168 g/mol. The van der Waals surface area contributed by atoms with Crippen LogP contribution < -0.4 is 11.1 Å². The maximum absolute atomic E-state index is 5.47. The van der Waals surface area contributed by atoms with Crippen LogP contribution in [0.3, 0.4) is 0 Å². The lowest BCUT2D eigenvalue weighted by Gasteiger charge is -2.14. The van der Waals surface area contributed by atoms with Gasteiger partial charge in [-0.2, -0.15) is 0 Å². The van der Waals surface area contributed by atoms with E-state index in [1.807, 2.05) is 6.92 Å². The molecule has 4 nitrogen and oxygen atoms in total. The van der Waals surface area contributed by atoms with Crippen molar-refractivity contribution in [2.45, 2.75) is 25.6 Å². The normalized spacial score (nSPS) is 15.7. The summed E-state index contributed by atoms with van der Waals surface area (Å²) in [5, 5.41) is 3.27. The fraction of sp³-hybridized carbons (Fsp3) is 1.00. The Morgan fingerprint density at radius 2 is 2.00 bits per heavy atom. The maximum atomic E-state index is 5.47. The SMILES string of the molecule is COC(C)CNCCC(CN)OC. The van der Waals surface area contributed by atoms with Crippen molar-refractivity contribution in [1.29, 1.82) is 0 Å². The standard InChI is InChI=1S/C9H22N2O2/c1-8(12-2)7-11-5-4-9(6-10)13-3/h8-9,11H,4-7,10H2,1-3H3. The van der Waals surface area contributed by atoms with Crippen LogP contribution >= 0.6 is 0 Å². The predicted molar refractivity (Wildman–Crippen MR) is 53.8 cm³/mol. The van der Waals surface area contributed by atoms with Crippen LogP contribution in [0.15, 0.2) is 0 Å². The van der Waals surface area contributed by atoms with E-state index in [2.05, 4.69) is 5.32 Å². The second-order valence-electron chi connectivity index (χ2n) is 3.13. The Hall–Kier alpha value is -0.160. The van der Waals surface area contributed by atoms with E-state index in [-0.39, 0.29) is 12.2 Å². The number of nitrogens with one attached hydrogen (secondary N) is 1. The summed E-state index contributed by atoms with van der Waals surface area (Å²) in [5.41, 5.74) is 5.47. The Labute approximate surface area is 80.8 Å². The third-order valence-corrected chi connectivity index (χ3v) is 2.07. The van der Waals surface area contributed by atoms with E-state index in [0.717, 1.165) is 19.5 Å². The van der Waals surface area contributed by atoms with Crippen molar-refractivity contribution in [2.75, 3.05) is 33.9 Å². The molecule has 0 radical (unpaired) electrons. The van der Waals surface area contributed by atoms with E-state index in [1.165, 1.54) is 0 Å². The van der Waals surface area contributed by atoms with Gasteiger partial charge in [0.15, 0.2) is 0 Å². The van der Waals surface area contributed by atoms with Crippen LogP contribution in [-0.2, 0) is 9.47 Å². The largest absolute Gasteiger partial charge is 0.380 e. The summed E-state index contributed by atoms with van der Waals surface area (Å²) >= 11 is 0. The molecule has 0 bridgehead atoms. The molecule has 0 spiro atoms. The number of methoxy groups -OCH3 is 2. The summed E-state index contributed by atoms with van der Waals surface area (Å²) in [6.07, 6.45) is 1.38. The molecular formula is C9H22N2O2.